The van der Waals surface area contributed by atoms with Gasteiger partial charge >= 0.3 is 0 Å². The smallest absolute Gasteiger partial charge is 0.300 e. The second-order valence-corrected chi connectivity index (χ2v) is 3.24. The van der Waals surface area contributed by atoms with Crippen molar-refractivity contribution in [2.75, 3.05) is 6.61 Å². The zero-order chi connectivity index (χ0) is 11.6. The molecule has 0 aliphatic heterocycles. The minimum Gasteiger partial charge on any atom is -0.390 e. The van der Waals surface area contributed by atoms with Gasteiger partial charge in [0.25, 0.3) is 5.92 Å². The maximum Gasteiger partial charge on any atom is 0.300 e. The third-order valence-electron chi connectivity index (χ3n) is 1.76. The average Bonchev–Trinajstić information content (AvgIpc) is 2.20. The lowest BCUT2D eigenvalue weighted by atomic mass is 10.1. The van der Waals surface area contributed by atoms with Crippen LogP contribution in [0.5, 0.6) is 0 Å². The number of nitrogens with zero attached hydrogens (tertiary/aromatic N) is 1. The highest BCUT2D eigenvalue weighted by atomic mass is 35.5. The van der Waals surface area contributed by atoms with Crippen molar-refractivity contribution in [3.8, 4) is 0 Å². The van der Waals surface area contributed by atoms with E-state index in [0.717, 1.165) is 6.07 Å². The van der Waals surface area contributed by atoms with Gasteiger partial charge in [0.2, 0.25) is 0 Å². The number of hydrogen-bond acceptors (Lipinski definition) is 3. The predicted molar refractivity (Wildman–Crippen MR) is 46.2 cm³/mol. The molecule has 15 heavy (non-hydrogen) atoms. The lowest BCUT2D eigenvalue weighted by molar-refractivity contribution is -0.139. The fourth-order valence-corrected chi connectivity index (χ4v) is 1.12. The fraction of sp³-hybridized carbons (Fsp3) is 0.375. The van der Waals surface area contributed by atoms with Gasteiger partial charge in [0.15, 0.2) is 0 Å². The van der Waals surface area contributed by atoms with Crippen molar-refractivity contribution in [3.63, 3.8) is 0 Å². The van der Waals surface area contributed by atoms with Crippen LogP contribution < -0.4 is 0 Å². The van der Waals surface area contributed by atoms with Crippen LogP contribution in [0.25, 0.3) is 0 Å². The maximum absolute atomic E-state index is 13.0. The van der Waals surface area contributed by atoms with Crippen molar-refractivity contribution in [3.05, 3.63) is 28.8 Å². The van der Waals surface area contributed by atoms with Crippen molar-refractivity contribution in [2.45, 2.75) is 12.0 Å². The molecule has 0 bridgehead atoms. The van der Waals surface area contributed by atoms with Crippen molar-refractivity contribution < 1.29 is 23.4 Å². The second-order valence-electron chi connectivity index (χ2n) is 2.85. The first-order valence-electron chi connectivity index (χ1n) is 3.86. The lowest BCUT2D eigenvalue weighted by Crippen LogP contribution is -2.31. The van der Waals surface area contributed by atoms with Crippen LogP contribution in [-0.4, -0.2) is 27.7 Å². The standard InChI is InChI=1S/C8H7ClF3NO2/c9-6-1-4(5(10)2-13-6)7(15)8(11,12)3-14/h1-2,7,14-15H,3H2. The Balaban J connectivity index is 3.10. The summed E-state index contributed by atoms with van der Waals surface area (Å²) in [6, 6.07) is 0.783. The summed E-state index contributed by atoms with van der Waals surface area (Å²) in [6.45, 7) is -1.59. The van der Waals surface area contributed by atoms with Gasteiger partial charge in [-0.3, -0.25) is 0 Å². The van der Waals surface area contributed by atoms with Crippen LogP contribution in [0, 0.1) is 5.82 Å². The number of aliphatic hydroxyl groups is 2. The number of aromatic nitrogens is 1. The van der Waals surface area contributed by atoms with E-state index in [4.69, 9.17) is 21.8 Å². The zero-order valence-electron chi connectivity index (χ0n) is 7.29. The van der Waals surface area contributed by atoms with Gasteiger partial charge in [-0.25, -0.2) is 18.2 Å². The van der Waals surface area contributed by atoms with Crippen LogP contribution in [0.2, 0.25) is 5.15 Å². The SMILES string of the molecule is OCC(F)(F)C(O)c1cc(Cl)ncc1F. The van der Waals surface area contributed by atoms with Crippen molar-refractivity contribution >= 4 is 11.6 Å². The van der Waals surface area contributed by atoms with E-state index in [1.54, 1.807) is 0 Å². The molecule has 1 aromatic rings. The van der Waals surface area contributed by atoms with Crippen LogP contribution >= 0.6 is 11.6 Å². The Morgan fingerprint density at radius 2 is 2.13 bits per heavy atom. The summed E-state index contributed by atoms with van der Waals surface area (Å²) in [5.41, 5.74) is -0.700. The van der Waals surface area contributed by atoms with Crippen LogP contribution in [0.4, 0.5) is 13.2 Å². The molecule has 84 valence electrons. The Hall–Kier alpha value is -0.850. The largest absolute Gasteiger partial charge is 0.390 e. The van der Waals surface area contributed by atoms with Gasteiger partial charge in [-0.2, -0.15) is 0 Å². The van der Waals surface area contributed by atoms with E-state index in [0.29, 0.717) is 6.20 Å². The van der Waals surface area contributed by atoms with Gasteiger partial charge in [-0.15, -0.1) is 0 Å². The van der Waals surface area contributed by atoms with Gasteiger partial charge in [0.05, 0.1) is 6.20 Å². The molecule has 0 amide bonds. The fourth-order valence-electron chi connectivity index (χ4n) is 0.951. The number of rotatable bonds is 3. The van der Waals surface area contributed by atoms with Crippen LogP contribution in [-0.2, 0) is 0 Å². The topological polar surface area (TPSA) is 53.4 Å². The number of pyridine rings is 1. The Kier molecular flexibility index (Phi) is 3.54. The van der Waals surface area contributed by atoms with Gasteiger partial charge in [0.1, 0.15) is 23.7 Å². The zero-order valence-corrected chi connectivity index (χ0v) is 8.05. The molecule has 0 spiro atoms. The molecule has 0 aliphatic carbocycles. The van der Waals surface area contributed by atoms with E-state index in [9.17, 15) is 13.2 Å². The summed E-state index contributed by atoms with van der Waals surface area (Å²) in [5, 5.41) is 17.2. The number of halogens is 4. The van der Waals surface area contributed by atoms with Crippen molar-refractivity contribution in [1.82, 2.24) is 4.98 Å². The molecule has 7 heteroatoms. The average molecular weight is 242 g/mol. The van der Waals surface area contributed by atoms with E-state index in [1.807, 2.05) is 0 Å². The van der Waals surface area contributed by atoms with Crippen LogP contribution in [0.1, 0.15) is 11.7 Å². The minimum atomic E-state index is -3.83. The third-order valence-corrected chi connectivity index (χ3v) is 1.96. The normalized spacial score (nSPS) is 14.0. The van der Waals surface area contributed by atoms with Crippen molar-refractivity contribution in [1.29, 1.82) is 0 Å². The van der Waals surface area contributed by atoms with E-state index in [2.05, 4.69) is 4.98 Å². The molecular formula is C8H7ClF3NO2. The summed E-state index contributed by atoms with van der Waals surface area (Å²) >= 11 is 5.36. The molecule has 0 fully saturated rings. The monoisotopic (exact) mass is 241 g/mol. The molecule has 1 aromatic heterocycles. The Labute approximate surface area is 88.1 Å². The molecule has 0 saturated heterocycles. The highest BCUT2D eigenvalue weighted by Gasteiger charge is 2.40. The number of alkyl halides is 2. The first-order chi connectivity index (χ1) is 6.88. The molecule has 1 rings (SSSR count). The lowest BCUT2D eigenvalue weighted by Gasteiger charge is -2.20. The predicted octanol–water partition coefficient (Wildman–Crippen LogP) is 1.54. The molecule has 1 unspecified atom stereocenters. The number of hydrogen-bond donors (Lipinski definition) is 2. The molecule has 3 nitrogen and oxygen atoms in total. The first-order valence-corrected chi connectivity index (χ1v) is 4.24. The maximum atomic E-state index is 13.0. The minimum absolute atomic E-state index is 0.223. The Morgan fingerprint density at radius 1 is 1.53 bits per heavy atom. The molecule has 1 atom stereocenters. The Bertz CT molecular complexity index is 362. The molecular weight excluding hydrogens is 235 g/mol. The second kappa shape index (κ2) is 4.34. The van der Waals surface area contributed by atoms with E-state index in [1.165, 1.54) is 0 Å². The molecule has 0 aromatic carbocycles. The highest BCUT2D eigenvalue weighted by molar-refractivity contribution is 6.29. The molecule has 1 heterocycles. The van der Waals surface area contributed by atoms with Gasteiger partial charge < -0.3 is 10.2 Å². The summed E-state index contributed by atoms with van der Waals surface area (Å²) < 4.78 is 38.6. The molecule has 0 aliphatic rings. The summed E-state index contributed by atoms with van der Waals surface area (Å²) in [7, 11) is 0. The van der Waals surface area contributed by atoms with Crippen LogP contribution in [0.3, 0.4) is 0 Å². The first kappa shape index (κ1) is 12.2. The van der Waals surface area contributed by atoms with Gasteiger partial charge in [-0.05, 0) is 6.07 Å². The van der Waals surface area contributed by atoms with Crippen LogP contribution in [0.15, 0.2) is 12.3 Å². The molecule has 0 radical (unpaired) electrons. The van der Waals surface area contributed by atoms with Gasteiger partial charge in [-0.1, -0.05) is 11.6 Å². The van der Waals surface area contributed by atoms with Gasteiger partial charge in [0, 0.05) is 5.56 Å². The van der Waals surface area contributed by atoms with E-state index in [-0.39, 0.29) is 5.15 Å². The summed E-state index contributed by atoms with van der Waals surface area (Å²) in [4.78, 5) is 3.30. The van der Waals surface area contributed by atoms with E-state index < -0.39 is 30.0 Å². The summed E-state index contributed by atoms with van der Waals surface area (Å²) in [5.74, 6) is -4.94. The molecule has 2 N–H and O–H groups in total. The summed E-state index contributed by atoms with van der Waals surface area (Å²) in [6.07, 6.45) is -1.84. The Morgan fingerprint density at radius 3 is 2.67 bits per heavy atom. The van der Waals surface area contributed by atoms with E-state index >= 15 is 0 Å². The third kappa shape index (κ3) is 2.58. The van der Waals surface area contributed by atoms with Crippen molar-refractivity contribution in [2.24, 2.45) is 0 Å². The highest BCUT2D eigenvalue weighted by Crippen LogP contribution is 2.32. The quantitative estimate of drug-likeness (QED) is 0.790. The molecule has 0 saturated carbocycles. The number of aliphatic hydroxyl groups excluding tert-OH is 2.